The predicted octanol–water partition coefficient (Wildman–Crippen LogP) is 3.68. The Morgan fingerprint density at radius 3 is 2.14 bits per heavy atom. The Hall–Kier alpha value is -3.07. The molecule has 2 aromatic rings. The van der Waals surface area contributed by atoms with Crippen molar-refractivity contribution in [2.75, 3.05) is 40.7 Å². The molecule has 2 unspecified atom stereocenters. The highest BCUT2D eigenvalue weighted by atomic mass is 32.2. The molecule has 3 rings (SSSR count). The number of hydrogen-bond acceptors (Lipinski definition) is 7. The van der Waals surface area contributed by atoms with Gasteiger partial charge in [-0.05, 0) is 41.8 Å². The zero-order valence-electron chi connectivity index (χ0n) is 21.1. The molecule has 1 N–H and O–H groups in total. The van der Waals surface area contributed by atoms with Crippen LogP contribution in [0.25, 0.3) is 0 Å². The zero-order valence-corrected chi connectivity index (χ0v) is 21.9. The Morgan fingerprint density at radius 1 is 0.943 bits per heavy atom. The van der Waals surface area contributed by atoms with Crippen molar-refractivity contribution < 1.29 is 28.5 Å². The second-order valence-electron chi connectivity index (χ2n) is 8.45. The van der Waals surface area contributed by atoms with Crippen molar-refractivity contribution in [1.29, 1.82) is 0 Å². The lowest BCUT2D eigenvalue weighted by Gasteiger charge is -2.30. The number of amides is 2. The maximum Gasteiger partial charge on any atom is 0.243 e. The van der Waals surface area contributed by atoms with Gasteiger partial charge in [0.15, 0.2) is 23.0 Å². The first kappa shape index (κ1) is 26.5. The van der Waals surface area contributed by atoms with E-state index >= 15 is 0 Å². The van der Waals surface area contributed by atoms with E-state index in [1.165, 1.54) is 0 Å². The van der Waals surface area contributed by atoms with E-state index in [0.717, 1.165) is 11.1 Å². The number of hydrogen-bond donors (Lipinski definition) is 1. The van der Waals surface area contributed by atoms with E-state index in [9.17, 15) is 9.59 Å². The van der Waals surface area contributed by atoms with Crippen LogP contribution in [-0.4, -0.2) is 63.5 Å². The fraction of sp³-hybridized carbons (Fsp3) is 0.462. The van der Waals surface area contributed by atoms with E-state index in [1.54, 1.807) is 45.1 Å². The molecule has 35 heavy (non-hydrogen) atoms. The van der Waals surface area contributed by atoms with Gasteiger partial charge in [-0.25, -0.2) is 0 Å². The fourth-order valence-electron chi connectivity index (χ4n) is 4.02. The summed E-state index contributed by atoms with van der Waals surface area (Å²) in [4.78, 5) is 28.1. The van der Waals surface area contributed by atoms with Crippen LogP contribution in [0.5, 0.6) is 23.0 Å². The van der Waals surface area contributed by atoms with Gasteiger partial charge < -0.3 is 29.2 Å². The summed E-state index contributed by atoms with van der Waals surface area (Å²) < 4.78 is 21.4. The summed E-state index contributed by atoms with van der Waals surface area (Å²) >= 11 is 1.57. The Balaban J connectivity index is 1.73. The molecule has 0 bridgehead atoms. The van der Waals surface area contributed by atoms with E-state index < -0.39 is 6.04 Å². The molecule has 0 radical (unpaired) electrons. The third-order valence-corrected chi connectivity index (χ3v) is 7.23. The van der Waals surface area contributed by atoms with Crippen LogP contribution in [0, 0.1) is 5.92 Å². The molecule has 8 nitrogen and oxygen atoms in total. The quantitative estimate of drug-likeness (QED) is 0.530. The van der Waals surface area contributed by atoms with Gasteiger partial charge in [-0.1, -0.05) is 26.0 Å². The minimum absolute atomic E-state index is 0.0603. The second-order valence-corrected chi connectivity index (χ2v) is 9.56. The van der Waals surface area contributed by atoms with Gasteiger partial charge in [0.2, 0.25) is 11.8 Å². The third kappa shape index (κ3) is 5.96. The highest BCUT2D eigenvalue weighted by molar-refractivity contribution is 7.99. The van der Waals surface area contributed by atoms with E-state index in [4.69, 9.17) is 18.9 Å². The van der Waals surface area contributed by atoms with Gasteiger partial charge >= 0.3 is 0 Å². The maximum absolute atomic E-state index is 13.2. The second kappa shape index (κ2) is 12.1. The number of benzene rings is 2. The van der Waals surface area contributed by atoms with E-state index in [1.807, 2.05) is 50.2 Å². The Bertz CT molecular complexity index is 1040. The largest absolute Gasteiger partial charge is 0.493 e. The molecule has 1 saturated heterocycles. The average molecular weight is 503 g/mol. The minimum atomic E-state index is -0.557. The predicted molar refractivity (Wildman–Crippen MR) is 136 cm³/mol. The average Bonchev–Trinajstić information content (AvgIpc) is 3.32. The summed E-state index contributed by atoms with van der Waals surface area (Å²) in [5, 5.41) is 2.73. The monoisotopic (exact) mass is 502 g/mol. The number of ether oxygens (including phenoxy) is 4. The van der Waals surface area contributed by atoms with E-state index in [0.29, 0.717) is 41.7 Å². The molecule has 1 aliphatic heterocycles. The molecule has 190 valence electrons. The number of rotatable bonds is 10. The first-order valence-electron chi connectivity index (χ1n) is 11.5. The summed E-state index contributed by atoms with van der Waals surface area (Å²) in [6.45, 7) is 4.15. The summed E-state index contributed by atoms with van der Waals surface area (Å²) in [5.41, 5.74) is 1.91. The van der Waals surface area contributed by atoms with Gasteiger partial charge in [0.05, 0.1) is 28.4 Å². The molecule has 1 aliphatic rings. The number of carbonyl (C=O) groups excluding carboxylic acids is 2. The molecule has 0 saturated carbocycles. The van der Waals surface area contributed by atoms with Crippen molar-refractivity contribution in [2.24, 2.45) is 5.92 Å². The highest BCUT2D eigenvalue weighted by Gasteiger charge is 2.43. The molecular formula is C26H34N2O6S. The lowest BCUT2D eigenvalue weighted by Crippen LogP contribution is -2.49. The maximum atomic E-state index is 13.2. The van der Waals surface area contributed by atoms with Crippen LogP contribution in [0.4, 0.5) is 0 Å². The Kier molecular flexibility index (Phi) is 9.14. The molecule has 9 heteroatoms. The van der Waals surface area contributed by atoms with Crippen LogP contribution < -0.4 is 24.3 Å². The van der Waals surface area contributed by atoms with Crippen molar-refractivity contribution in [3.05, 3.63) is 47.5 Å². The molecule has 2 aromatic carbocycles. The van der Waals surface area contributed by atoms with Crippen molar-refractivity contribution in [3.8, 4) is 23.0 Å². The van der Waals surface area contributed by atoms with Crippen LogP contribution in [-0.2, 0) is 16.0 Å². The molecular weight excluding hydrogens is 468 g/mol. The Morgan fingerprint density at radius 2 is 1.54 bits per heavy atom. The van der Waals surface area contributed by atoms with E-state index in [2.05, 4.69) is 5.32 Å². The standard InChI is InChI=1S/C26H34N2O6S/c1-16(2)25(30)28-19(15-35-26(28)18-8-10-21(32-4)23(14-18)34-6)24(29)27-12-11-17-7-9-20(31-3)22(13-17)33-5/h7-10,13-14,16,19,26H,11-12,15H2,1-6H3,(H,27,29). The molecule has 2 amide bonds. The normalized spacial score (nSPS) is 17.3. The summed E-state index contributed by atoms with van der Waals surface area (Å²) in [6, 6.07) is 10.7. The van der Waals surface area contributed by atoms with Crippen molar-refractivity contribution in [3.63, 3.8) is 0 Å². The van der Waals surface area contributed by atoms with Crippen LogP contribution in [0.15, 0.2) is 36.4 Å². The van der Waals surface area contributed by atoms with Gasteiger partial charge in [0, 0.05) is 18.2 Å². The molecule has 2 atom stereocenters. The van der Waals surface area contributed by atoms with Crippen LogP contribution in [0.3, 0.4) is 0 Å². The molecule has 0 aliphatic carbocycles. The summed E-state index contributed by atoms with van der Waals surface area (Å²) in [7, 11) is 6.35. The van der Waals surface area contributed by atoms with Crippen molar-refractivity contribution in [1.82, 2.24) is 10.2 Å². The number of carbonyl (C=O) groups is 2. The SMILES string of the molecule is COc1ccc(CCNC(=O)C2CSC(c3ccc(OC)c(OC)c3)N2C(=O)C(C)C)cc1OC. The molecule has 0 aromatic heterocycles. The summed E-state index contributed by atoms with van der Waals surface area (Å²) in [5.74, 6) is 2.57. The zero-order chi connectivity index (χ0) is 25.5. The number of nitrogens with zero attached hydrogens (tertiary/aromatic N) is 1. The number of methoxy groups -OCH3 is 4. The van der Waals surface area contributed by atoms with Crippen LogP contribution in [0.1, 0.15) is 30.3 Å². The van der Waals surface area contributed by atoms with Gasteiger partial charge in [0.25, 0.3) is 0 Å². The van der Waals surface area contributed by atoms with Crippen LogP contribution in [0.2, 0.25) is 0 Å². The topological polar surface area (TPSA) is 86.3 Å². The minimum Gasteiger partial charge on any atom is -0.493 e. The van der Waals surface area contributed by atoms with E-state index in [-0.39, 0.29) is 23.1 Å². The molecule has 0 spiro atoms. The van der Waals surface area contributed by atoms with Gasteiger partial charge in [0.1, 0.15) is 11.4 Å². The third-order valence-electron chi connectivity index (χ3n) is 5.91. The van der Waals surface area contributed by atoms with Gasteiger partial charge in [-0.3, -0.25) is 9.59 Å². The fourth-order valence-corrected chi connectivity index (χ4v) is 5.45. The summed E-state index contributed by atoms with van der Waals surface area (Å²) in [6.07, 6.45) is 0.628. The van der Waals surface area contributed by atoms with Gasteiger partial charge in [-0.15, -0.1) is 11.8 Å². The number of nitrogens with one attached hydrogen (secondary N) is 1. The smallest absolute Gasteiger partial charge is 0.243 e. The molecule has 1 fully saturated rings. The van der Waals surface area contributed by atoms with Crippen LogP contribution >= 0.6 is 11.8 Å². The first-order chi connectivity index (χ1) is 16.8. The highest BCUT2D eigenvalue weighted by Crippen LogP contribution is 2.44. The van der Waals surface area contributed by atoms with Gasteiger partial charge in [-0.2, -0.15) is 0 Å². The lowest BCUT2D eigenvalue weighted by molar-refractivity contribution is -0.142. The lowest BCUT2D eigenvalue weighted by atomic mass is 10.1. The van der Waals surface area contributed by atoms with Crippen molar-refractivity contribution in [2.45, 2.75) is 31.7 Å². The van der Waals surface area contributed by atoms with Crippen molar-refractivity contribution >= 4 is 23.6 Å². The Labute approximate surface area is 211 Å². The number of thioether (sulfide) groups is 1. The molecule has 1 heterocycles. The first-order valence-corrected chi connectivity index (χ1v) is 12.5.